The number of carbonyl (C=O) groups is 1. The van der Waals surface area contributed by atoms with Crippen molar-refractivity contribution in [3.8, 4) is 0 Å². The smallest absolute Gasteiger partial charge is 0.377 e. The number of halogens is 4. The van der Waals surface area contributed by atoms with E-state index in [-0.39, 0.29) is 52.5 Å². The first-order chi connectivity index (χ1) is 23.2. The lowest BCUT2D eigenvalue weighted by Crippen LogP contribution is -2.46. The molecular weight excluding hydrogens is 689 g/mol. The predicted octanol–water partition coefficient (Wildman–Crippen LogP) is 3.97. The highest BCUT2D eigenvalue weighted by molar-refractivity contribution is 7.89. The molecule has 0 radical (unpaired) electrons. The van der Waals surface area contributed by atoms with Crippen molar-refractivity contribution in [2.24, 2.45) is 7.05 Å². The van der Waals surface area contributed by atoms with E-state index in [0.29, 0.717) is 56.0 Å². The number of carbonyl (C=O) groups excluding carboxylic acids is 1. The number of alkyl halides is 3. The first-order valence-corrected chi connectivity index (χ1v) is 17.5. The van der Waals surface area contributed by atoms with E-state index in [1.54, 1.807) is 11.6 Å². The number of fused-ring (bicyclic) bond motifs is 3. The second-order valence-corrected chi connectivity index (χ2v) is 15.1. The van der Waals surface area contributed by atoms with Gasteiger partial charge in [0.25, 0.3) is 5.56 Å². The Morgan fingerprint density at radius 3 is 2.61 bits per heavy atom. The van der Waals surface area contributed by atoms with Gasteiger partial charge in [0.2, 0.25) is 21.7 Å². The third-order valence-corrected chi connectivity index (χ3v) is 11.8. The minimum absolute atomic E-state index is 0.00499. The van der Waals surface area contributed by atoms with Crippen LogP contribution in [0.2, 0.25) is 5.02 Å². The van der Waals surface area contributed by atoms with Crippen LogP contribution in [0.3, 0.4) is 0 Å². The van der Waals surface area contributed by atoms with E-state index in [1.807, 2.05) is 13.0 Å². The molecular formula is C31H32ClF3N8O5S. The maximum absolute atomic E-state index is 14.4. The standard InChI is InChI=1S/C31H32ClF3N8O5S/c1-18-14-30(7-9-41(10-8-30)49(46,47)21-15-36-40(2)16-21)25-26(18)42(17-24(44)37-23-4-3-20(13-22(23)32)31(33,34)35)29-38-27(39-43(29)28(25)45)19-5-11-48-12-6-19/h3-5,13,15-16,18H,6-12,14,17H2,1-2H3,(H,37,44). The maximum Gasteiger partial charge on any atom is 0.416 e. The van der Waals surface area contributed by atoms with Crippen LogP contribution in [-0.2, 0) is 44.7 Å². The van der Waals surface area contributed by atoms with Crippen molar-refractivity contribution < 1.29 is 31.1 Å². The Balaban J connectivity index is 1.27. The fourth-order valence-electron chi connectivity index (χ4n) is 7.31. The van der Waals surface area contributed by atoms with Crippen LogP contribution in [0.25, 0.3) is 11.4 Å². The normalized spacial score (nSPS) is 19.7. The lowest BCUT2D eigenvalue weighted by Gasteiger charge is -2.39. The number of anilines is 1. The van der Waals surface area contributed by atoms with Crippen LogP contribution in [0.15, 0.2) is 46.4 Å². The zero-order valence-corrected chi connectivity index (χ0v) is 28.1. The number of sulfonamides is 1. The molecule has 1 fully saturated rings. The first kappa shape index (κ1) is 33.4. The van der Waals surface area contributed by atoms with Gasteiger partial charge in [-0.3, -0.25) is 14.3 Å². The van der Waals surface area contributed by atoms with E-state index in [4.69, 9.17) is 21.3 Å². The number of nitrogens with zero attached hydrogens (tertiary/aromatic N) is 7. The molecule has 1 aliphatic carbocycles. The average molecular weight is 721 g/mol. The lowest BCUT2D eigenvalue weighted by atomic mass is 9.74. The zero-order valence-electron chi connectivity index (χ0n) is 26.5. The van der Waals surface area contributed by atoms with Gasteiger partial charge in [-0.25, -0.2) is 8.42 Å². The largest absolute Gasteiger partial charge is 0.416 e. The zero-order chi connectivity index (χ0) is 34.9. The second-order valence-electron chi connectivity index (χ2n) is 12.7. The van der Waals surface area contributed by atoms with Crippen LogP contribution in [0.5, 0.6) is 0 Å². The van der Waals surface area contributed by atoms with Crippen LogP contribution >= 0.6 is 11.6 Å². The Morgan fingerprint density at radius 2 is 1.98 bits per heavy atom. The Hall–Kier alpha value is -4.06. The molecule has 260 valence electrons. The summed E-state index contributed by atoms with van der Waals surface area (Å²) in [6, 6.07) is 2.66. The molecule has 7 rings (SSSR count). The summed E-state index contributed by atoms with van der Waals surface area (Å²) in [5.41, 5.74) is -0.189. The Kier molecular flexibility index (Phi) is 8.23. The third-order valence-electron chi connectivity index (χ3n) is 9.60. The molecule has 1 spiro atoms. The van der Waals surface area contributed by atoms with Gasteiger partial charge in [0, 0.05) is 43.0 Å². The molecule has 1 saturated heterocycles. The number of aromatic nitrogens is 6. The van der Waals surface area contributed by atoms with Gasteiger partial charge in [0.05, 0.1) is 35.7 Å². The number of rotatable bonds is 6. The van der Waals surface area contributed by atoms with Gasteiger partial charge in [0.1, 0.15) is 11.4 Å². The average Bonchev–Trinajstić information content (AvgIpc) is 3.77. The molecule has 1 aromatic carbocycles. The molecule has 1 amide bonds. The van der Waals surface area contributed by atoms with Crippen molar-refractivity contribution in [3.63, 3.8) is 0 Å². The monoisotopic (exact) mass is 720 g/mol. The van der Waals surface area contributed by atoms with Crippen LogP contribution in [0, 0.1) is 0 Å². The Morgan fingerprint density at radius 1 is 1.22 bits per heavy atom. The summed E-state index contributed by atoms with van der Waals surface area (Å²) in [6.45, 7) is 2.76. The minimum atomic E-state index is -4.61. The topological polar surface area (TPSA) is 146 Å². The SMILES string of the molecule is CC1CC2(CCN(S(=O)(=O)c3cnn(C)c3)CC2)c2c1n(CC(=O)Nc1ccc(C(F)(F)F)cc1Cl)c1nc(C3=CCOCC3)nn1c2=O. The number of nitrogens with one attached hydrogen (secondary N) is 1. The molecule has 13 nitrogen and oxygen atoms in total. The van der Waals surface area contributed by atoms with E-state index in [9.17, 15) is 31.2 Å². The minimum Gasteiger partial charge on any atom is -0.377 e. The molecule has 1 atom stereocenters. The van der Waals surface area contributed by atoms with Crippen molar-refractivity contribution in [1.82, 2.24) is 33.3 Å². The molecule has 0 saturated carbocycles. The van der Waals surface area contributed by atoms with E-state index in [0.717, 1.165) is 23.8 Å². The number of ether oxygens (including phenoxy) is 1. The summed E-state index contributed by atoms with van der Waals surface area (Å²) in [7, 11) is -2.17. The third kappa shape index (κ3) is 5.85. The molecule has 49 heavy (non-hydrogen) atoms. The molecule has 18 heteroatoms. The van der Waals surface area contributed by atoms with Gasteiger partial charge in [-0.1, -0.05) is 24.6 Å². The fourth-order valence-corrected chi connectivity index (χ4v) is 8.96. The summed E-state index contributed by atoms with van der Waals surface area (Å²) in [4.78, 5) is 32.7. The van der Waals surface area contributed by atoms with Crippen molar-refractivity contribution in [1.29, 1.82) is 0 Å². The highest BCUT2D eigenvalue weighted by atomic mass is 35.5. The van der Waals surface area contributed by atoms with Gasteiger partial charge in [-0.05, 0) is 55.4 Å². The van der Waals surface area contributed by atoms with Crippen molar-refractivity contribution in [3.05, 3.63) is 74.7 Å². The summed E-state index contributed by atoms with van der Waals surface area (Å²) < 4.78 is 77.5. The molecule has 2 aliphatic heterocycles. The molecule has 5 heterocycles. The van der Waals surface area contributed by atoms with Crippen molar-refractivity contribution >= 4 is 44.6 Å². The second kappa shape index (κ2) is 12.1. The Bertz CT molecular complexity index is 2180. The van der Waals surface area contributed by atoms with Crippen LogP contribution in [0.1, 0.15) is 61.2 Å². The number of hydrogen-bond acceptors (Lipinski definition) is 8. The number of hydrogen-bond donors (Lipinski definition) is 1. The molecule has 4 aromatic rings. The van der Waals surface area contributed by atoms with Gasteiger partial charge in [0.15, 0.2) is 5.82 Å². The molecule has 3 aromatic heterocycles. The van der Waals surface area contributed by atoms with Gasteiger partial charge in [-0.15, -0.1) is 5.10 Å². The predicted molar refractivity (Wildman–Crippen MR) is 172 cm³/mol. The van der Waals surface area contributed by atoms with Gasteiger partial charge >= 0.3 is 6.18 Å². The lowest BCUT2D eigenvalue weighted by molar-refractivity contribution is -0.137. The van der Waals surface area contributed by atoms with E-state index < -0.39 is 33.1 Å². The maximum atomic E-state index is 14.4. The first-order valence-electron chi connectivity index (χ1n) is 15.6. The number of piperidine rings is 1. The Labute approximate surface area is 283 Å². The highest BCUT2D eigenvalue weighted by Gasteiger charge is 2.50. The molecule has 0 bridgehead atoms. The molecule has 1 unspecified atom stereocenters. The highest BCUT2D eigenvalue weighted by Crippen LogP contribution is 2.51. The van der Waals surface area contributed by atoms with Crippen molar-refractivity contribution in [2.45, 2.75) is 61.6 Å². The number of benzene rings is 1. The quantitative estimate of drug-likeness (QED) is 0.315. The summed E-state index contributed by atoms with van der Waals surface area (Å²) in [5, 5.41) is 10.9. The molecule has 3 aliphatic rings. The van der Waals surface area contributed by atoms with E-state index >= 15 is 0 Å². The van der Waals surface area contributed by atoms with Gasteiger partial charge in [-0.2, -0.15) is 32.1 Å². The van der Waals surface area contributed by atoms with E-state index in [1.165, 1.54) is 25.9 Å². The van der Waals surface area contributed by atoms with Crippen LogP contribution < -0.4 is 10.9 Å². The fraction of sp³-hybridized carbons (Fsp3) is 0.452. The van der Waals surface area contributed by atoms with E-state index in [2.05, 4.69) is 15.5 Å². The molecule has 1 N–H and O–H groups in total. The van der Waals surface area contributed by atoms with Gasteiger partial charge < -0.3 is 14.6 Å². The van der Waals surface area contributed by atoms with Crippen LogP contribution in [0.4, 0.5) is 18.9 Å². The summed E-state index contributed by atoms with van der Waals surface area (Å²) in [5.74, 6) is -0.364. The summed E-state index contributed by atoms with van der Waals surface area (Å²) in [6.07, 6.45) is 1.77. The van der Waals surface area contributed by atoms with Crippen molar-refractivity contribution in [2.75, 3.05) is 31.6 Å². The summed E-state index contributed by atoms with van der Waals surface area (Å²) >= 11 is 6.13. The number of amides is 1. The van der Waals surface area contributed by atoms with Crippen LogP contribution in [-0.4, -0.2) is 73.9 Å². The number of aryl methyl sites for hydroxylation is 1.